The zero-order valence-electron chi connectivity index (χ0n) is 14.5. The van der Waals surface area contributed by atoms with Gasteiger partial charge in [-0.25, -0.2) is 16.8 Å². The summed E-state index contributed by atoms with van der Waals surface area (Å²) in [4.78, 5) is 4.35. The summed E-state index contributed by atoms with van der Waals surface area (Å²) in [6.07, 6.45) is 2.46. The van der Waals surface area contributed by atoms with Crippen LogP contribution in [0.1, 0.15) is 18.2 Å². The highest BCUT2D eigenvalue weighted by Crippen LogP contribution is 2.26. The lowest BCUT2D eigenvalue weighted by Gasteiger charge is -2.20. The van der Waals surface area contributed by atoms with Gasteiger partial charge in [0.15, 0.2) is 19.7 Å². The third-order valence-corrected chi connectivity index (χ3v) is 8.80. The van der Waals surface area contributed by atoms with E-state index in [1.807, 2.05) is 19.1 Å². The molecule has 1 aliphatic heterocycles. The van der Waals surface area contributed by atoms with Crippen LogP contribution in [-0.4, -0.2) is 44.6 Å². The van der Waals surface area contributed by atoms with Crippen molar-refractivity contribution in [1.82, 2.24) is 10.3 Å². The van der Waals surface area contributed by atoms with Crippen molar-refractivity contribution in [1.29, 1.82) is 0 Å². The Hall–Kier alpha value is -1.77. The van der Waals surface area contributed by atoms with Crippen LogP contribution in [0, 0.1) is 0 Å². The first-order valence-corrected chi connectivity index (χ1v) is 11.8. The average Bonchev–Trinajstić information content (AvgIpc) is 2.96. The molecule has 0 radical (unpaired) electrons. The highest BCUT2D eigenvalue weighted by atomic mass is 32.2. The topological polar surface area (TPSA) is 93.2 Å². The molecule has 2 aromatic rings. The zero-order valence-corrected chi connectivity index (χ0v) is 16.1. The van der Waals surface area contributed by atoms with Gasteiger partial charge in [-0.15, -0.1) is 0 Å². The van der Waals surface area contributed by atoms with E-state index in [1.165, 1.54) is 0 Å². The van der Waals surface area contributed by atoms with Crippen molar-refractivity contribution in [2.45, 2.75) is 36.1 Å². The van der Waals surface area contributed by atoms with Gasteiger partial charge in [-0.05, 0) is 36.2 Å². The first-order chi connectivity index (χ1) is 12.3. The van der Waals surface area contributed by atoms with E-state index >= 15 is 0 Å². The van der Waals surface area contributed by atoms with Gasteiger partial charge >= 0.3 is 0 Å². The molecule has 6 nitrogen and oxygen atoms in total. The second-order valence-corrected chi connectivity index (χ2v) is 10.8. The molecule has 1 saturated heterocycles. The molecule has 0 unspecified atom stereocenters. The van der Waals surface area contributed by atoms with Gasteiger partial charge in [0.1, 0.15) is 0 Å². The van der Waals surface area contributed by atoms with E-state index in [4.69, 9.17) is 0 Å². The fraction of sp³-hybridized carbons (Fsp3) is 0.389. The van der Waals surface area contributed by atoms with E-state index in [1.54, 1.807) is 36.5 Å². The van der Waals surface area contributed by atoms with Crippen molar-refractivity contribution in [3.8, 4) is 0 Å². The van der Waals surface area contributed by atoms with Crippen LogP contribution < -0.4 is 5.32 Å². The van der Waals surface area contributed by atoms with Crippen LogP contribution in [0.3, 0.4) is 0 Å². The molecule has 0 saturated carbocycles. The highest BCUT2D eigenvalue weighted by Gasteiger charge is 2.45. The van der Waals surface area contributed by atoms with E-state index in [2.05, 4.69) is 10.3 Å². The summed E-state index contributed by atoms with van der Waals surface area (Å²) < 4.78 is 50.3. The van der Waals surface area contributed by atoms with E-state index in [-0.39, 0.29) is 16.4 Å². The number of nitrogens with one attached hydrogen (secondary N) is 1. The van der Waals surface area contributed by atoms with Gasteiger partial charge in [0, 0.05) is 18.8 Å². The molecular formula is C18H22N2O4S2. The van der Waals surface area contributed by atoms with Gasteiger partial charge in [-0.3, -0.25) is 4.98 Å². The number of sulfone groups is 2. The molecule has 1 N–H and O–H groups in total. The maximum Gasteiger partial charge on any atom is 0.183 e. The fourth-order valence-corrected chi connectivity index (χ4v) is 7.86. The smallest absolute Gasteiger partial charge is 0.183 e. The zero-order chi connectivity index (χ0) is 18.8. The summed E-state index contributed by atoms with van der Waals surface area (Å²) in [7, 11) is -7.17. The lowest BCUT2D eigenvalue weighted by Crippen LogP contribution is -2.43. The highest BCUT2D eigenvalue weighted by molar-refractivity contribution is 7.96. The summed E-state index contributed by atoms with van der Waals surface area (Å²) >= 11 is 0. The van der Waals surface area contributed by atoms with E-state index in [9.17, 15) is 16.8 Å². The molecule has 1 fully saturated rings. The largest absolute Gasteiger partial charge is 0.306 e. The summed E-state index contributed by atoms with van der Waals surface area (Å²) in [6.45, 7) is 2.31. The van der Waals surface area contributed by atoms with Crippen molar-refractivity contribution in [3.63, 3.8) is 0 Å². The Balaban J connectivity index is 1.84. The molecule has 140 valence electrons. The Morgan fingerprint density at radius 2 is 1.85 bits per heavy atom. The second-order valence-electron chi connectivity index (χ2n) is 6.47. The predicted octanol–water partition coefficient (Wildman–Crippen LogP) is 1.37. The van der Waals surface area contributed by atoms with Crippen LogP contribution in [0.15, 0.2) is 53.6 Å². The number of pyridine rings is 1. The van der Waals surface area contributed by atoms with Gasteiger partial charge in [-0.1, -0.05) is 25.1 Å². The first kappa shape index (κ1) is 19.0. The van der Waals surface area contributed by atoms with Gasteiger partial charge in [0.2, 0.25) is 0 Å². The predicted molar refractivity (Wildman–Crippen MR) is 100 cm³/mol. The van der Waals surface area contributed by atoms with Crippen molar-refractivity contribution < 1.29 is 16.8 Å². The van der Waals surface area contributed by atoms with Crippen LogP contribution in [0.4, 0.5) is 0 Å². The van der Waals surface area contributed by atoms with Crippen LogP contribution in [0.5, 0.6) is 0 Å². The summed E-state index contributed by atoms with van der Waals surface area (Å²) in [6, 6.07) is 11.4. The number of rotatable bonds is 6. The Morgan fingerprint density at radius 1 is 1.12 bits per heavy atom. The molecule has 1 aromatic carbocycles. The third-order valence-electron chi connectivity index (χ3n) is 4.63. The Morgan fingerprint density at radius 3 is 2.46 bits per heavy atom. The average molecular weight is 395 g/mol. The van der Waals surface area contributed by atoms with Crippen molar-refractivity contribution in [2.24, 2.45) is 0 Å². The lowest BCUT2D eigenvalue weighted by atomic mass is 10.2. The Labute approximate surface area is 154 Å². The minimum absolute atomic E-state index is 0.168. The summed E-state index contributed by atoms with van der Waals surface area (Å²) in [5.41, 5.74) is 1.77. The van der Waals surface area contributed by atoms with E-state index in [0.29, 0.717) is 6.54 Å². The Bertz CT molecular complexity index is 956. The van der Waals surface area contributed by atoms with Gasteiger partial charge in [0.05, 0.1) is 27.3 Å². The fourth-order valence-electron chi connectivity index (χ4n) is 3.14. The normalized spacial score (nSPS) is 22.3. The van der Waals surface area contributed by atoms with E-state index in [0.717, 1.165) is 17.7 Å². The van der Waals surface area contributed by atoms with Crippen molar-refractivity contribution in [3.05, 3.63) is 59.9 Å². The summed E-state index contributed by atoms with van der Waals surface area (Å²) in [5.74, 6) is -0.540. The number of aryl methyl sites for hydroxylation is 1. The standard InChI is InChI=1S/C18H22N2O4S2/c1-2-14-6-8-16(9-7-14)26(23,24)18-13-25(21,22)12-17(18)20-11-15-5-3-4-10-19-15/h3-10,17-18,20H,2,11-13H2,1H3/t17-,18+/m0/s1. The Kier molecular flexibility index (Phi) is 5.45. The molecule has 0 bridgehead atoms. The number of benzene rings is 1. The molecule has 2 atom stereocenters. The molecule has 0 spiro atoms. The summed E-state index contributed by atoms with van der Waals surface area (Å²) in [5, 5.41) is 2.08. The molecule has 1 aromatic heterocycles. The third kappa shape index (κ3) is 4.13. The minimum Gasteiger partial charge on any atom is -0.306 e. The van der Waals surface area contributed by atoms with E-state index < -0.39 is 31.0 Å². The van der Waals surface area contributed by atoms with Crippen LogP contribution in [0.2, 0.25) is 0 Å². The van der Waals surface area contributed by atoms with Gasteiger partial charge in [-0.2, -0.15) is 0 Å². The molecular weight excluding hydrogens is 372 g/mol. The van der Waals surface area contributed by atoms with Gasteiger partial charge < -0.3 is 5.32 Å². The number of hydrogen-bond acceptors (Lipinski definition) is 6. The van der Waals surface area contributed by atoms with Crippen LogP contribution in [-0.2, 0) is 32.6 Å². The quantitative estimate of drug-likeness (QED) is 0.795. The maximum atomic E-state index is 13.0. The molecule has 26 heavy (non-hydrogen) atoms. The van der Waals surface area contributed by atoms with Crippen molar-refractivity contribution in [2.75, 3.05) is 11.5 Å². The molecule has 1 aliphatic rings. The molecule has 3 rings (SSSR count). The monoisotopic (exact) mass is 394 g/mol. The molecule has 2 heterocycles. The molecule has 0 aliphatic carbocycles. The van der Waals surface area contributed by atoms with Crippen molar-refractivity contribution >= 4 is 19.7 Å². The number of aromatic nitrogens is 1. The van der Waals surface area contributed by atoms with Gasteiger partial charge in [0.25, 0.3) is 0 Å². The second kappa shape index (κ2) is 7.46. The van der Waals surface area contributed by atoms with Crippen LogP contribution >= 0.6 is 0 Å². The SMILES string of the molecule is CCc1ccc(S(=O)(=O)[C@@H]2CS(=O)(=O)C[C@@H]2NCc2ccccn2)cc1. The molecule has 8 heteroatoms. The number of hydrogen-bond donors (Lipinski definition) is 1. The maximum absolute atomic E-state index is 13.0. The number of nitrogens with zero attached hydrogens (tertiary/aromatic N) is 1. The lowest BCUT2D eigenvalue weighted by molar-refractivity contribution is 0.523. The first-order valence-electron chi connectivity index (χ1n) is 8.48. The molecule has 0 amide bonds. The minimum atomic E-state index is -3.75. The van der Waals surface area contributed by atoms with Crippen LogP contribution in [0.25, 0.3) is 0 Å².